The Labute approximate surface area is 101 Å². The average Bonchev–Trinajstić information content (AvgIpc) is 2.25. The minimum absolute atomic E-state index is 0.470. The van der Waals surface area contributed by atoms with Gasteiger partial charge in [-0.3, -0.25) is 0 Å². The predicted octanol–water partition coefficient (Wildman–Crippen LogP) is 2.75. The van der Waals surface area contributed by atoms with Crippen molar-refractivity contribution in [1.29, 1.82) is 0 Å². The van der Waals surface area contributed by atoms with Gasteiger partial charge in [0.05, 0.1) is 6.04 Å². The molecule has 0 radical (unpaired) electrons. The molecule has 18 heavy (non-hydrogen) atoms. The molecule has 1 atom stereocenters. The van der Waals surface area contributed by atoms with Gasteiger partial charge in [-0.2, -0.15) is 13.2 Å². The zero-order valence-corrected chi connectivity index (χ0v) is 9.51. The number of alkyl halides is 3. The average molecular weight is 264 g/mol. The Morgan fingerprint density at radius 1 is 1.39 bits per heavy atom. The Kier molecular flexibility index (Phi) is 4.52. The molecule has 1 aromatic carbocycles. The number of rotatable bonds is 3. The third-order valence-corrected chi connectivity index (χ3v) is 2.15. The Morgan fingerprint density at radius 2 is 2.06 bits per heavy atom. The van der Waals surface area contributed by atoms with Gasteiger partial charge in [0.15, 0.2) is 0 Å². The molecule has 0 heterocycles. The third-order valence-electron chi connectivity index (χ3n) is 2.15. The number of urea groups is 1. The molecular formula is C11H12F4N2O. The van der Waals surface area contributed by atoms with Crippen molar-refractivity contribution >= 4 is 6.03 Å². The highest BCUT2D eigenvalue weighted by molar-refractivity contribution is 5.74. The van der Waals surface area contributed by atoms with Crippen molar-refractivity contribution in [1.82, 2.24) is 10.6 Å². The molecular weight excluding hydrogens is 252 g/mol. The number of carbonyl (C=O) groups excluding carboxylic acids is 1. The molecule has 1 unspecified atom stereocenters. The topological polar surface area (TPSA) is 41.1 Å². The van der Waals surface area contributed by atoms with E-state index in [0.717, 1.165) is 0 Å². The van der Waals surface area contributed by atoms with E-state index in [1.54, 1.807) is 18.3 Å². The summed E-state index contributed by atoms with van der Waals surface area (Å²) >= 11 is 0. The van der Waals surface area contributed by atoms with E-state index in [2.05, 4.69) is 5.32 Å². The lowest BCUT2D eigenvalue weighted by Crippen LogP contribution is -2.41. The second kappa shape index (κ2) is 5.70. The lowest BCUT2D eigenvalue weighted by molar-refractivity contribution is -0.122. The number of carbonyl (C=O) groups is 1. The van der Waals surface area contributed by atoms with Gasteiger partial charge in [0.2, 0.25) is 0 Å². The first-order valence-corrected chi connectivity index (χ1v) is 5.14. The Morgan fingerprint density at radius 3 is 2.61 bits per heavy atom. The molecule has 0 aromatic heterocycles. The quantitative estimate of drug-likeness (QED) is 0.810. The van der Waals surface area contributed by atoms with Crippen LogP contribution in [-0.2, 0) is 0 Å². The molecule has 0 spiro atoms. The summed E-state index contributed by atoms with van der Waals surface area (Å²) in [7, 11) is 0. The number of nitrogens with one attached hydrogen (secondary N) is 2. The molecule has 0 saturated heterocycles. The van der Waals surface area contributed by atoms with Gasteiger partial charge in [-0.15, -0.1) is 0 Å². The van der Waals surface area contributed by atoms with Gasteiger partial charge in [-0.05, 0) is 24.6 Å². The highest BCUT2D eigenvalue weighted by atomic mass is 19.4. The van der Waals surface area contributed by atoms with E-state index in [0.29, 0.717) is 5.56 Å². The van der Waals surface area contributed by atoms with Crippen LogP contribution in [0, 0.1) is 5.82 Å². The molecule has 0 aliphatic rings. The maximum absolute atomic E-state index is 12.9. The minimum Gasteiger partial charge on any atom is -0.332 e. The van der Waals surface area contributed by atoms with E-state index < -0.39 is 30.6 Å². The van der Waals surface area contributed by atoms with Gasteiger partial charge in [-0.1, -0.05) is 12.1 Å². The fourth-order valence-corrected chi connectivity index (χ4v) is 1.29. The second-order valence-electron chi connectivity index (χ2n) is 3.72. The zero-order chi connectivity index (χ0) is 13.8. The summed E-state index contributed by atoms with van der Waals surface area (Å²) in [5.41, 5.74) is 0.470. The molecule has 100 valence electrons. The van der Waals surface area contributed by atoms with Crippen LogP contribution in [0.4, 0.5) is 22.4 Å². The van der Waals surface area contributed by atoms with Gasteiger partial charge in [0, 0.05) is 0 Å². The molecule has 0 aliphatic heterocycles. The molecule has 1 aromatic rings. The van der Waals surface area contributed by atoms with Crippen molar-refractivity contribution in [2.75, 3.05) is 6.54 Å². The minimum atomic E-state index is -4.46. The van der Waals surface area contributed by atoms with Crippen LogP contribution in [-0.4, -0.2) is 18.8 Å². The Hall–Kier alpha value is -1.79. The zero-order valence-electron chi connectivity index (χ0n) is 9.51. The van der Waals surface area contributed by atoms with E-state index in [-0.39, 0.29) is 0 Å². The summed E-state index contributed by atoms with van der Waals surface area (Å²) in [5.74, 6) is -0.475. The number of amides is 2. The van der Waals surface area contributed by atoms with Crippen LogP contribution in [0.1, 0.15) is 18.5 Å². The highest BCUT2D eigenvalue weighted by Gasteiger charge is 2.27. The van der Waals surface area contributed by atoms with Crippen LogP contribution in [0.15, 0.2) is 24.3 Å². The standard InChI is InChI=1S/C11H12F4N2O/c1-7(8-3-2-4-9(12)5-8)17-10(18)16-6-11(13,14)15/h2-5,7H,6H2,1H3,(H2,16,17,18). The summed E-state index contributed by atoms with van der Waals surface area (Å²) in [6.07, 6.45) is -4.46. The Balaban J connectivity index is 2.50. The first-order valence-electron chi connectivity index (χ1n) is 5.14. The molecule has 0 saturated carbocycles. The number of hydrogen-bond donors (Lipinski definition) is 2. The predicted molar refractivity (Wildman–Crippen MR) is 57.4 cm³/mol. The molecule has 2 amide bonds. The summed E-state index contributed by atoms with van der Waals surface area (Å²) in [5, 5.41) is 3.95. The van der Waals surface area contributed by atoms with Gasteiger partial charge in [0.1, 0.15) is 12.4 Å². The van der Waals surface area contributed by atoms with Crippen LogP contribution >= 0.6 is 0 Å². The van der Waals surface area contributed by atoms with Crippen molar-refractivity contribution in [2.45, 2.75) is 19.1 Å². The Bertz CT molecular complexity index is 420. The lowest BCUT2D eigenvalue weighted by Gasteiger charge is -2.15. The maximum Gasteiger partial charge on any atom is 0.405 e. The van der Waals surface area contributed by atoms with Gasteiger partial charge < -0.3 is 10.6 Å². The van der Waals surface area contributed by atoms with Crippen LogP contribution in [0.5, 0.6) is 0 Å². The van der Waals surface area contributed by atoms with E-state index in [4.69, 9.17) is 0 Å². The van der Waals surface area contributed by atoms with Gasteiger partial charge in [-0.25, -0.2) is 9.18 Å². The van der Waals surface area contributed by atoms with Gasteiger partial charge >= 0.3 is 12.2 Å². The molecule has 0 aliphatic carbocycles. The van der Waals surface area contributed by atoms with E-state index >= 15 is 0 Å². The normalized spacial score (nSPS) is 12.9. The molecule has 0 bridgehead atoms. The summed E-state index contributed by atoms with van der Waals surface area (Å²) in [4.78, 5) is 11.1. The summed E-state index contributed by atoms with van der Waals surface area (Å²) in [6, 6.07) is 3.92. The smallest absolute Gasteiger partial charge is 0.332 e. The monoisotopic (exact) mass is 264 g/mol. The molecule has 2 N–H and O–H groups in total. The van der Waals surface area contributed by atoms with Crippen LogP contribution < -0.4 is 10.6 Å². The fraction of sp³-hybridized carbons (Fsp3) is 0.364. The van der Waals surface area contributed by atoms with Gasteiger partial charge in [0.25, 0.3) is 0 Å². The van der Waals surface area contributed by atoms with E-state index in [1.807, 2.05) is 0 Å². The van der Waals surface area contributed by atoms with Crippen molar-refractivity contribution in [3.05, 3.63) is 35.6 Å². The third kappa shape index (κ3) is 5.03. The van der Waals surface area contributed by atoms with Crippen LogP contribution in [0.25, 0.3) is 0 Å². The molecule has 0 fully saturated rings. The van der Waals surface area contributed by atoms with Crippen LogP contribution in [0.2, 0.25) is 0 Å². The summed E-state index contributed by atoms with van der Waals surface area (Å²) < 4.78 is 48.4. The summed E-state index contributed by atoms with van der Waals surface area (Å²) in [6.45, 7) is 0.136. The molecule has 1 rings (SSSR count). The van der Waals surface area contributed by atoms with Crippen molar-refractivity contribution in [3.8, 4) is 0 Å². The van der Waals surface area contributed by atoms with Crippen molar-refractivity contribution in [3.63, 3.8) is 0 Å². The van der Waals surface area contributed by atoms with Crippen molar-refractivity contribution in [2.24, 2.45) is 0 Å². The first-order chi connectivity index (χ1) is 8.28. The van der Waals surface area contributed by atoms with E-state index in [1.165, 1.54) is 18.2 Å². The fourth-order valence-electron chi connectivity index (χ4n) is 1.29. The largest absolute Gasteiger partial charge is 0.405 e. The number of benzene rings is 1. The first kappa shape index (κ1) is 14.3. The molecule has 7 heteroatoms. The van der Waals surface area contributed by atoms with E-state index in [9.17, 15) is 22.4 Å². The number of hydrogen-bond acceptors (Lipinski definition) is 1. The highest BCUT2D eigenvalue weighted by Crippen LogP contribution is 2.14. The SMILES string of the molecule is CC(NC(=O)NCC(F)(F)F)c1cccc(F)c1. The maximum atomic E-state index is 12.9. The van der Waals surface area contributed by atoms with Crippen molar-refractivity contribution < 1.29 is 22.4 Å². The molecule has 3 nitrogen and oxygen atoms in total. The lowest BCUT2D eigenvalue weighted by atomic mass is 10.1. The van der Waals surface area contributed by atoms with Crippen LogP contribution in [0.3, 0.4) is 0 Å². The number of halogens is 4. The second-order valence-corrected chi connectivity index (χ2v) is 3.72.